The smallest absolute Gasteiger partial charge is 0.154 e. The zero-order valence-electron chi connectivity index (χ0n) is 10.6. The Hall–Kier alpha value is -0.550. The molecule has 18 heavy (non-hydrogen) atoms. The van der Waals surface area contributed by atoms with Gasteiger partial charge in [-0.2, -0.15) is 0 Å². The van der Waals surface area contributed by atoms with Crippen LogP contribution in [-0.2, 0) is 15.2 Å². The molecule has 0 aromatic heterocycles. The molecule has 0 saturated carbocycles. The molecular weight excluding hydrogens is 316 g/mol. The fourth-order valence-corrected chi connectivity index (χ4v) is 4.24. The van der Waals surface area contributed by atoms with Crippen molar-refractivity contribution in [1.29, 1.82) is 0 Å². The largest absolute Gasteiger partial charge is 0.489 e. The summed E-state index contributed by atoms with van der Waals surface area (Å²) in [5, 5.41) is 0.812. The fraction of sp³-hybridized carbons (Fsp3) is 0.538. The third-order valence-electron chi connectivity index (χ3n) is 3.15. The van der Waals surface area contributed by atoms with Gasteiger partial charge in [0.05, 0.1) is 11.5 Å². The van der Waals surface area contributed by atoms with Crippen molar-refractivity contribution in [2.75, 3.05) is 11.5 Å². The summed E-state index contributed by atoms with van der Waals surface area (Å²) < 4.78 is 28.7. The van der Waals surface area contributed by atoms with Crippen LogP contribution in [-0.4, -0.2) is 26.0 Å². The van der Waals surface area contributed by atoms with Gasteiger partial charge in [0.15, 0.2) is 9.84 Å². The maximum absolute atomic E-state index is 11.4. The predicted molar refractivity (Wildman–Crippen MR) is 76.2 cm³/mol. The van der Waals surface area contributed by atoms with E-state index in [9.17, 15) is 8.42 Å². The molecular formula is C13H17BrO3S. The van der Waals surface area contributed by atoms with Crippen LogP contribution in [0, 0.1) is 13.8 Å². The Bertz CT molecular complexity index is 528. The lowest BCUT2D eigenvalue weighted by molar-refractivity contribution is 0.226. The van der Waals surface area contributed by atoms with Gasteiger partial charge < -0.3 is 4.74 Å². The maximum Gasteiger partial charge on any atom is 0.154 e. The summed E-state index contributed by atoms with van der Waals surface area (Å²) in [6.45, 7) is 4.00. The third-order valence-corrected chi connectivity index (χ3v) is 5.53. The van der Waals surface area contributed by atoms with Gasteiger partial charge in [-0.15, -0.1) is 0 Å². The van der Waals surface area contributed by atoms with E-state index in [0.717, 1.165) is 22.2 Å². The van der Waals surface area contributed by atoms with Gasteiger partial charge >= 0.3 is 0 Å². The first kappa shape index (κ1) is 13.9. The normalized spacial score (nSPS) is 22.1. The van der Waals surface area contributed by atoms with E-state index in [1.165, 1.54) is 5.56 Å². The molecule has 1 aliphatic rings. The lowest BCUT2D eigenvalue weighted by Gasteiger charge is -2.17. The number of benzene rings is 1. The van der Waals surface area contributed by atoms with Crippen molar-refractivity contribution in [1.82, 2.24) is 0 Å². The second-order valence-electron chi connectivity index (χ2n) is 4.84. The highest BCUT2D eigenvalue weighted by Gasteiger charge is 2.30. The summed E-state index contributed by atoms with van der Waals surface area (Å²) in [5.41, 5.74) is 3.33. The number of halogens is 1. The number of ether oxygens (including phenoxy) is 1. The Morgan fingerprint density at radius 2 is 1.94 bits per heavy atom. The number of aryl methyl sites for hydroxylation is 2. The Morgan fingerprint density at radius 1 is 1.33 bits per heavy atom. The predicted octanol–water partition coefficient (Wildman–Crippen LogP) is 2.76. The Kier molecular flexibility index (Phi) is 4.02. The van der Waals surface area contributed by atoms with Crippen LogP contribution in [0.4, 0.5) is 0 Å². The summed E-state index contributed by atoms with van der Waals surface area (Å²) in [5.74, 6) is 1.23. The number of hydrogen-bond acceptors (Lipinski definition) is 3. The Balaban J connectivity index is 2.20. The molecule has 5 heteroatoms. The summed E-state index contributed by atoms with van der Waals surface area (Å²) in [4.78, 5) is 0. The van der Waals surface area contributed by atoms with Crippen molar-refractivity contribution in [2.24, 2.45) is 0 Å². The summed E-state index contributed by atoms with van der Waals surface area (Å²) in [7, 11) is -2.89. The van der Waals surface area contributed by atoms with Gasteiger partial charge in [0.25, 0.3) is 0 Å². The van der Waals surface area contributed by atoms with E-state index in [1.54, 1.807) is 0 Å². The molecule has 0 bridgehead atoms. The highest BCUT2D eigenvalue weighted by Crippen LogP contribution is 2.28. The molecule has 2 rings (SSSR count). The van der Waals surface area contributed by atoms with Gasteiger partial charge in [0, 0.05) is 5.33 Å². The number of sulfone groups is 1. The topological polar surface area (TPSA) is 43.4 Å². The van der Waals surface area contributed by atoms with Crippen molar-refractivity contribution in [3.63, 3.8) is 0 Å². The molecule has 100 valence electrons. The van der Waals surface area contributed by atoms with Crippen LogP contribution in [0.5, 0.6) is 5.75 Å². The lowest BCUT2D eigenvalue weighted by Crippen LogP contribution is -2.18. The average Bonchev–Trinajstić information content (AvgIpc) is 2.63. The molecule has 1 saturated heterocycles. The molecule has 0 radical (unpaired) electrons. The van der Waals surface area contributed by atoms with E-state index in [0.29, 0.717) is 6.42 Å². The summed E-state index contributed by atoms with van der Waals surface area (Å²) in [6.07, 6.45) is 0.406. The van der Waals surface area contributed by atoms with Crippen LogP contribution >= 0.6 is 15.9 Å². The molecule has 3 nitrogen and oxygen atoms in total. The van der Waals surface area contributed by atoms with Gasteiger partial charge in [-0.05, 0) is 37.0 Å². The van der Waals surface area contributed by atoms with Gasteiger partial charge in [-0.3, -0.25) is 0 Å². The minimum atomic E-state index is -2.89. The molecule has 1 aromatic carbocycles. The summed E-state index contributed by atoms with van der Waals surface area (Å²) >= 11 is 3.43. The molecule has 0 spiro atoms. The van der Waals surface area contributed by atoms with Crippen molar-refractivity contribution in [3.05, 3.63) is 28.8 Å². The van der Waals surface area contributed by atoms with Crippen LogP contribution in [0.15, 0.2) is 12.1 Å². The lowest BCUT2D eigenvalue weighted by atomic mass is 10.1. The molecule has 0 N–H and O–H groups in total. The third kappa shape index (κ3) is 3.06. The van der Waals surface area contributed by atoms with Crippen molar-refractivity contribution in [3.8, 4) is 5.75 Å². The number of alkyl halides is 1. The van der Waals surface area contributed by atoms with Gasteiger partial charge in [-0.25, -0.2) is 8.42 Å². The molecule has 1 aliphatic heterocycles. The van der Waals surface area contributed by atoms with Crippen LogP contribution in [0.3, 0.4) is 0 Å². The molecule has 1 aromatic rings. The van der Waals surface area contributed by atoms with E-state index in [-0.39, 0.29) is 17.6 Å². The van der Waals surface area contributed by atoms with Crippen LogP contribution in [0.2, 0.25) is 0 Å². The molecule has 0 amide bonds. The zero-order valence-corrected chi connectivity index (χ0v) is 13.0. The quantitative estimate of drug-likeness (QED) is 0.799. The molecule has 1 unspecified atom stereocenters. The monoisotopic (exact) mass is 332 g/mol. The van der Waals surface area contributed by atoms with Crippen molar-refractivity contribution >= 4 is 25.8 Å². The second-order valence-corrected chi connectivity index (χ2v) is 7.62. The van der Waals surface area contributed by atoms with Crippen molar-refractivity contribution < 1.29 is 13.2 Å². The first-order valence-corrected chi connectivity index (χ1v) is 8.89. The number of rotatable bonds is 3. The van der Waals surface area contributed by atoms with E-state index < -0.39 is 9.84 Å². The maximum atomic E-state index is 11.4. The van der Waals surface area contributed by atoms with Crippen LogP contribution in [0.1, 0.15) is 23.1 Å². The molecule has 1 fully saturated rings. The molecule has 1 atom stereocenters. The minimum absolute atomic E-state index is 0.145. The molecule has 0 aliphatic carbocycles. The second kappa shape index (κ2) is 5.21. The zero-order chi connectivity index (χ0) is 13.3. The fourth-order valence-electron chi connectivity index (χ4n) is 2.32. The van der Waals surface area contributed by atoms with Gasteiger partial charge in [0.2, 0.25) is 0 Å². The molecule has 1 heterocycles. The van der Waals surface area contributed by atoms with Crippen LogP contribution in [0.25, 0.3) is 0 Å². The average molecular weight is 333 g/mol. The number of hydrogen-bond donors (Lipinski definition) is 0. The SMILES string of the molecule is Cc1cc(CBr)cc(C)c1OC1CCS(=O)(=O)C1. The van der Waals surface area contributed by atoms with E-state index in [4.69, 9.17) is 4.74 Å². The minimum Gasteiger partial charge on any atom is -0.489 e. The highest BCUT2D eigenvalue weighted by molar-refractivity contribution is 9.08. The Labute approximate surface area is 117 Å². The standard InChI is InChI=1S/C13H17BrO3S/c1-9-5-11(7-14)6-10(2)13(9)17-12-3-4-18(15,16)8-12/h5-6,12H,3-4,7-8H2,1-2H3. The summed E-state index contributed by atoms with van der Waals surface area (Å²) in [6, 6.07) is 4.14. The van der Waals surface area contributed by atoms with E-state index in [1.807, 2.05) is 13.8 Å². The first-order valence-electron chi connectivity index (χ1n) is 5.94. The first-order chi connectivity index (χ1) is 8.41. The van der Waals surface area contributed by atoms with Gasteiger partial charge in [0.1, 0.15) is 11.9 Å². The Morgan fingerprint density at radius 3 is 2.39 bits per heavy atom. The van der Waals surface area contributed by atoms with Crippen molar-refractivity contribution in [2.45, 2.75) is 31.7 Å². The van der Waals surface area contributed by atoms with E-state index >= 15 is 0 Å². The van der Waals surface area contributed by atoms with Crippen LogP contribution < -0.4 is 4.74 Å². The van der Waals surface area contributed by atoms with E-state index in [2.05, 4.69) is 28.1 Å². The van der Waals surface area contributed by atoms with Gasteiger partial charge in [-0.1, -0.05) is 28.1 Å². The highest BCUT2D eigenvalue weighted by atomic mass is 79.9.